The Morgan fingerprint density at radius 1 is 1.22 bits per heavy atom. The van der Waals surface area contributed by atoms with E-state index < -0.39 is 30.4 Å². The van der Waals surface area contributed by atoms with E-state index in [9.17, 15) is 14.4 Å². The van der Waals surface area contributed by atoms with E-state index in [0.717, 1.165) is 0 Å². The van der Waals surface area contributed by atoms with Crippen LogP contribution in [0.4, 0.5) is 0 Å². The third kappa shape index (κ3) is 4.53. The molecule has 0 spiro atoms. The van der Waals surface area contributed by atoms with Crippen LogP contribution in [0.1, 0.15) is 30.6 Å². The Kier molecular flexibility index (Phi) is 5.70. The minimum absolute atomic E-state index is 0.127. The molecule has 3 atom stereocenters. The fraction of sp³-hybridized carbons (Fsp3) is 0.438. The Morgan fingerprint density at radius 3 is 2.52 bits per heavy atom. The molecule has 0 aromatic heterocycles. The smallest absolute Gasteiger partial charge is 0.338 e. The maximum absolute atomic E-state index is 12.1. The van der Waals surface area contributed by atoms with Crippen LogP contribution in [0.3, 0.4) is 0 Å². The number of ether oxygens (including phenoxy) is 3. The highest BCUT2D eigenvalue weighted by atomic mass is 16.7. The van der Waals surface area contributed by atoms with Gasteiger partial charge in [-0.1, -0.05) is 18.2 Å². The first kappa shape index (κ1) is 17.0. The Balaban J connectivity index is 2.05. The second kappa shape index (κ2) is 7.73. The van der Waals surface area contributed by atoms with E-state index in [1.807, 2.05) is 0 Å². The summed E-state index contributed by atoms with van der Waals surface area (Å²) in [5.74, 6) is -1.47. The molecule has 7 heteroatoms. The van der Waals surface area contributed by atoms with Crippen LogP contribution >= 0.6 is 0 Å². The molecule has 1 aliphatic heterocycles. The van der Waals surface area contributed by atoms with Crippen LogP contribution in [0, 0.1) is 0 Å². The van der Waals surface area contributed by atoms with E-state index in [4.69, 9.17) is 14.2 Å². The van der Waals surface area contributed by atoms with Gasteiger partial charge in [-0.2, -0.15) is 0 Å². The van der Waals surface area contributed by atoms with Crippen LogP contribution < -0.4 is 5.32 Å². The number of likely N-dealkylation sites (N-methyl/N-ethyl adjacent to an activating group) is 1. The second-order valence-corrected chi connectivity index (χ2v) is 5.04. The molecule has 1 heterocycles. The summed E-state index contributed by atoms with van der Waals surface area (Å²) in [5.41, 5.74) is 0.371. The van der Waals surface area contributed by atoms with Crippen molar-refractivity contribution in [3.05, 3.63) is 35.9 Å². The van der Waals surface area contributed by atoms with Crippen LogP contribution in [-0.2, 0) is 23.8 Å². The van der Waals surface area contributed by atoms with E-state index in [2.05, 4.69) is 5.32 Å². The number of hydrogen-bond donors (Lipinski definition) is 1. The summed E-state index contributed by atoms with van der Waals surface area (Å²) in [4.78, 5) is 35.1. The highest BCUT2D eigenvalue weighted by Gasteiger charge is 2.43. The zero-order chi connectivity index (χ0) is 16.8. The van der Waals surface area contributed by atoms with Crippen molar-refractivity contribution >= 4 is 17.8 Å². The third-order valence-electron chi connectivity index (χ3n) is 3.24. The van der Waals surface area contributed by atoms with E-state index in [1.165, 1.54) is 6.92 Å². The summed E-state index contributed by atoms with van der Waals surface area (Å²) in [5, 5.41) is 2.62. The largest absolute Gasteiger partial charge is 0.452 e. The SMILES string of the molecule is CCNC(=O)[C@@H]1C[C@@H](OC(=O)c2ccccc2)[C@@H](OC(C)=O)O1. The second-order valence-electron chi connectivity index (χ2n) is 5.04. The first-order valence-corrected chi connectivity index (χ1v) is 7.37. The van der Waals surface area contributed by atoms with Gasteiger partial charge in [-0.3, -0.25) is 9.59 Å². The van der Waals surface area contributed by atoms with Gasteiger partial charge in [-0.25, -0.2) is 4.79 Å². The van der Waals surface area contributed by atoms with Crippen molar-refractivity contribution in [3.8, 4) is 0 Å². The third-order valence-corrected chi connectivity index (χ3v) is 3.24. The fourth-order valence-corrected chi connectivity index (χ4v) is 2.23. The number of benzene rings is 1. The van der Waals surface area contributed by atoms with Crippen LogP contribution in [0.25, 0.3) is 0 Å². The first-order chi connectivity index (χ1) is 11.0. The zero-order valence-corrected chi connectivity index (χ0v) is 13.0. The molecule has 0 unspecified atom stereocenters. The molecule has 1 aliphatic rings. The van der Waals surface area contributed by atoms with Gasteiger partial charge >= 0.3 is 11.9 Å². The molecule has 2 rings (SSSR count). The molecule has 1 N–H and O–H groups in total. The fourth-order valence-electron chi connectivity index (χ4n) is 2.23. The number of esters is 2. The first-order valence-electron chi connectivity index (χ1n) is 7.37. The molecule has 23 heavy (non-hydrogen) atoms. The molecular formula is C16H19NO6. The summed E-state index contributed by atoms with van der Waals surface area (Å²) < 4.78 is 15.8. The lowest BCUT2D eigenvalue weighted by molar-refractivity contribution is -0.187. The molecule has 1 aromatic carbocycles. The van der Waals surface area contributed by atoms with Gasteiger partial charge in [0.15, 0.2) is 6.10 Å². The van der Waals surface area contributed by atoms with Gasteiger partial charge in [0.2, 0.25) is 12.2 Å². The van der Waals surface area contributed by atoms with Gasteiger partial charge in [0.05, 0.1) is 5.56 Å². The van der Waals surface area contributed by atoms with Crippen LogP contribution in [0.5, 0.6) is 0 Å². The maximum atomic E-state index is 12.1. The van der Waals surface area contributed by atoms with Crippen molar-refractivity contribution in [1.29, 1.82) is 0 Å². The van der Waals surface area contributed by atoms with Crippen molar-refractivity contribution < 1.29 is 28.6 Å². The molecule has 7 nitrogen and oxygen atoms in total. The van der Waals surface area contributed by atoms with Gasteiger partial charge in [0.25, 0.3) is 0 Å². The molecule has 124 valence electrons. The standard InChI is InChI=1S/C16H19NO6/c1-3-17-14(19)12-9-13(16(23-12)21-10(2)18)22-15(20)11-7-5-4-6-8-11/h4-8,12-13,16H,3,9H2,1-2H3,(H,17,19)/t12-,13+,16-/m0/s1. The number of rotatable bonds is 5. The normalized spacial score (nSPS) is 23.1. The van der Waals surface area contributed by atoms with E-state index in [1.54, 1.807) is 37.3 Å². The lowest BCUT2D eigenvalue weighted by Crippen LogP contribution is -2.34. The Morgan fingerprint density at radius 2 is 1.91 bits per heavy atom. The van der Waals surface area contributed by atoms with Gasteiger partial charge in [-0.15, -0.1) is 0 Å². The van der Waals surface area contributed by atoms with Gasteiger partial charge in [0.1, 0.15) is 6.10 Å². The Labute approximate surface area is 133 Å². The van der Waals surface area contributed by atoms with E-state index >= 15 is 0 Å². The monoisotopic (exact) mass is 321 g/mol. The number of carbonyl (C=O) groups excluding carboxylic acids is 3. The molecular weight excluding hydrogens is 302 g/mol. The molecule has 1 aromatic rings. The van der Waals surface area contributed by atoms with Gasteiger partial charge in [0, 0.05) is 19.9 Å². The van der Waals surface area contributed by atoms with Crippen LogP contribution in [0.15, 0.2) is 30.3 Å². The Bertz CT molecular complexity index is 573. The maximum Gasteiger partial charge on any atom is 0.338 e. The van der Waals surface area contributed by atoms with Crippen LogP contribution in [-0.4, -0.2) is 42.9 Å². The topological polar surface area (TPSA) is 90.9 Å². The lowest BCUT2D eigenvalue weighted by Gasteiger charge is -2.18. The quantitative estimate of drug-likeness (QED) is 0.815. The molecule has 0 saturated carbocycles. The minimum Gasteiger partial charge on any atom is -0.452 e. The molecule has 0 aliphatic carbocycles. The summed E-state index contributed by atoms with van der Waals surface area (Å²) >= 11 is 0. The summed E-state index contributed by atoms with van der Waals surface area (Å²) in [6.07, 6.45) is -2.62. The summed E-state index contributed by atoms with van der Waals surface area (Å²) in [6.45, 7) is 3.45. The summed E-state index contributed by atoms with van der Waals surface area (Å²) in [7, 11) is 0. The van der Waals surface area contributed by atoms with Crippen molar-refractivity contribution in [2.45, 2.75) is 38.8 Å². The van der Waals surface area contributed by atoms with Gasteiger partial charge < -0.3 is 19.5 Å². The predicted octanol–water partition coefficient (Wildman–Crippen LogP) is 1.03. The lowest BCUT2D eigenvalue weighted by atomic mass is 10.2. The van der Waals surface area contributed by atoms with Crippen molar-refractivity contribution in [1.82, 2.24) is 5.32 Å². The highest BCUT2D eigenvalue weighted by Crippen LogP contribution is 2.25. The highest BCUT2D eigenvalue weighted by molar-refractivity contribution is 5.89. The van der Waals surface area contributed by atoms with Gasteiger partial charge in [-0.05, 0) is 19.1 Å². The minimum atomic E-state index is -1.09. The molecule has 1 amide bonds. The van der Waals surface area contributed by atoms with Crippen LogP contribution in [0.2, 0.25) is 0 Å². The van der Waals surface area contributed by atoms with E-state index in [-0.39, 0.29) is 12.3 Å². The predicted molar refractivity (Wildman–Crippen MR) is 79.4 cm³/mol. The van der Waals surface area contributed by atoms with Crippen molar-refractivity contribution in [2.24, 2.45) is 0 Å². The molecule has 0 bridgehead atoms. The molecule has 0 radical (unpaired) electrons. The average Bonchev–Trinajstić information content (AvgIpc) is 2.90. The average molecular weight is 321 g/mol. The van der Waals surface area contributed by atoms with Crippen molar-refractivity contribution in [3.63, 3.8) is 0 Å². The molecule has 1 saturated heterocycles. The number of hydrogen-bond acceptors (Lipinski definition) is 6. The number of nitrogens with one attached hydrogen (secondary N) is 1. The number of carbonyl (C=O) groups is 3. The summed E-state index contributed by atoms with van der Waals surface area (Å²) in [6, 6.07) is 8.42. The van der Waals surface area contributed by atoms with Crippen molar-refractivity contribution in [2.75, 3.05) is 6.54 Å². The Hall–Kier alpha value is -2.41. The molecule has 1 fully saturated rings. The van der Waals surface area contributed by atoms with E-state index in [0.29, 0.717) is 12.1 Å². The zero-order valence-electron chi connectivity index (χ0n) is 13.0. The number of amides is 1.